The second-order valence-corrected chi connectivity index (χ2v) is 5.87. The van der Waals surface area contributed by atoms with Crippen LogP contribution in [-0.4, -0.2) is 14.2 Å². The Kier molecular flexibility index (Phi) is 5.07. The largest absolute Gasteiger partial charge is 0.497 e. The first kappa shape index (κ1) is 14.9. The van der Waals surface area contributed by atoms with Crippen LogP contribution in [-0.2, 0) is 6.42 Å². The van der Waals surface area contributed by atoms with Crippen LogP contribution >= 0.6 is 15.9 Å². The van der Waals surface area contributed by atoms with E-state index in [0.29, 0.717) is 0 Å². The highest BCUT2D eigenvalue weighted by Crippen LogP contribution is 2.36. The Morgan fingerprint density at radius 3 is 2.50 bits per heavy atom. The lowest BCUT2D eigenvalue weighted by Gasteiger charge is -2.16. The van der Waals surface area contributed by atoms with Gasteiger partial charge in [-0.25, -0.2) is 0 Å². The maximum absolute atomic E-state index is 5.44. The molecule has 0 aliphatic rings. The van der Waals surface area contributed by atoms with Crippen molar-refractivity contribution in [3.8, 4) is 11.5 Å². The Hall–Kier alpha value is -1.48. The predicted octanol–water partition coefficient (Wildman–Crippen LogP) is 4.69. The molecule has 2 aromatic carbocycles. The van der Waals surface area contributed by atoms with Crippen molar-refractivity contribution in [2.45, 2.75) is 18.2 Å². The topological polar surface area (TPSA) is 18.5 Å². The number of hydrogen-bond acceptors (Lipinski definition) is 2. The minimum atomic E-state index is 0.189. The van der Waals surface area contributed by atoms with Gasteiger partial charge in [0.15, 0.2) is 0 Å². The summed E-state index contributed by atoms with van der Waals surface area (Å²) in [6.45, 7) is 2.11. The molecule has 0 saturated heterocycles. The number of ether oxygens (including phenoxy) is 2. The van der Waals surface area contributed by atoms with Gasteiger partial charge in [0.2, 0.25) is 0 Å². The molecular weight excluding hydrogens is 316 g/mol. The first-order chi connectivity index (χ1) is 9.63. The highest BCUT2D eigenvalue weighted by molar-refractivity contribution is 9.09. The first-order valence-corrected chi connectivity index (χ1v) is 7.47. The molecule has 0 spiro atoms. The van der Waals surface area contributed by atoms with Gasteiger partial charge in [-0.1, -0.05) is 45.8 Å². The van der Waals surface area contributed by atoms with Crippen molar-refractivity contribution in [3.63, 3.8) is 0 Å². The van der Waals surface area contributed by atoms with E-state index in [0.717, 1.165) is 23.5 Å². The van der Waals surface area contributed by atoms with Crippen LogP contribution in [0.25, 0.3) is 0 Å². The Morgan fingerprint density at radius 2 is 1.85 bits per heavy atom. The van der Waals surface area contributed by atoms with E-state index in [1.54, 1.807) is 14.2 Å². The number of aryl methyl sites for hydroxylation is 1. The van der Waals surface area contributed by atoms with Gasteiger partial charge in [0.1, 0.15) is 11.5 Å². The summed E-state index contributed by atoms with van der Waals surface area (Å²) in [4.78, 5) is 0.189. The van der Waals surface area contributed by atoms with E-state index in [9.17, 15) is 0 Å². The number of alkyl halides is 1. The Morgan fingerprint density at radius 1 is 1.05 bits per heavy atom. The van der Waals surface area contributed by atoms with Crippen molar-refractivity contribution in [3.05, 3.63) is 59.2 Å². The number of methoxy groups -OCH3 is 2. The molecule has 0 aliphatic heterocycles. The molecule has 3 heteroatoms. The molecule has 20 heavy (non-hydrogen) atoms. The summed E-state index contributed by atoms with van der Waals surface area (Å²) in [5.41, 5.74) is 3.69. The summed E-state index contributed by atoms with van der Waals surface area (Å²) in [7, 11) is 3.37. The summed E-state index contributed by atoms with van der Waals surface area (Å²) in [5.74, 6) is 1.72. The molecule has 0 N–H and O–H groups in total. The molecule has 0 aliphatic carbocycles. The monoisotopic (exact) mass is 334 g/mol. The molecule has 0 radical (unpaired) electrons. The summed E-state index contributed by atoms with van der Waals surface area (Å²) >= 11 is 3.77. The molecule has 0 fully saturated rings. The van der Waals surface area contributed by atoms with Gasteiger partial charge in [0, 0.05) is 10.4 Å². The summed E-state index contributed by atoms with van der Waals surface area (Å²) in [6, 6.07) is 14.4. The van der Waals surface area contributed by atoms with Crippen LogP contribution in [0.4, 0.5) is 0 Å². The van der Waals surface area contributed by atoms with E-state index >= 15 is 0 Å². The quantitative estimate of drug-likeness (QED) is 0.738. The molecule has 0 aromatic heterocycles. The fourth-order valence-corrected chi connectivity index (χ4v) is 2.97. The van der Waals surface area contributed by atoms with E-state index in [4.69, 9.17) is 9.47 Å². The zero-order chi connectivity index (χ0) is 14.5. The van der Waals surface area contributed by atoms with E-state index in [1.165, 1.54) is 11.1 Å². The van der Waals surface area contributed by atoms with Gasteiger partial charge < -0.3 is 9.47 Å². The highest BCUT2D eigenvalue weighted by atomic mass is 79.9. The normalized spacial score (nSPS) is 12.0. The van der Waals surface area contributed by atoms with Crippen molar-refractivity contribution < 1.29 is 9.47 Å². The third-order valence-corrected chi connectivity index (χ3v) is 4.09. The predicted molar refractivity (Wildman–Crippen MR) is 86.1 cm³/mol. The van der Waals surface area contributed by atoms with Crippen molar-refractivity contribution in [1.29, 1.82) is 0 Å². The second kappa shape index (κ2) is 6.80. The molecule has 1 unspecified atom stereocenters. The summed E-state index contributed by atoms with van der Waals surface area (Å²) < 4.78 is 10.7. The van der Waals surface area contributed by atoms with E-state index < -0.39 is 0 Å². The molecule has 0 bridgehead atoms. The molecule has 0 amide bonds. The van der Waals surface area contributed by atoms with Crippen LogP contribution in [0.3, 0.4) is 0 Å². The Labute approximate surface area is 128 Å². The van der Waals surface area contributed by atoms with Gasteiger partial charge in [0.25, 0.3) is 0 Å². The third-order valence-electron chi connectivity index (χ3n) is 3.27. The number of halogens is 1. The van der Waals surface area contributed by atoms with Crippen LogP contribution in [0.1, 0.15) is 21.5 Å². The number of hydrogen-bond donors (Lipinski definition) is 0. The van der Waals surface area contributed by atoms with E-state index in [-0.39, 0.29) is 4.83 Å². The lowest BCUT2D eigenvalue weighted by Crippen LogP contribution is -2.00. The molecular formula is C17H19BrO2. The average molecular weight is 335 g/mol. The van der Waals surface area contributed by atoms with Gasteiger partial charge in [-0.05, 0) is 37.1 Å². The zero-order valence-corrected chi connectivity index (χ0v) is 13.6. The average Bonchev–Trinajstić information content (AvgIpc) is 2.46. The summed E-state index contributed by atoms with van der Waals surface area (Å²) in [5, 5.41) is 0. The molecule has 1 atom stereocenters. The third kappa shape index (κ3) is 3.54. The molecule has 2 aromatic rings. The maximum atomic E-state index is 5.44. The van der Waals surface area contributed by atoms with Crippen LogP contribution < -0.4 is 9.47 Å². The van der Waals surface area contributed by atoms with Crippen molar-refractivity contribution in [2.24, 2.45) is 0 Å². The minimum Gasteiger partial charge on any atom is -0.497 e. The van der Waals surface area contributed by atoms with Gasteiger partial charge in [-0.2, -0.15) is 0 Å². The zero-order valence-electron chi connectivity index (χ0n) is 12.0. The van der Waals surface area contributed by atoms with E-state index in [2.05, 4.69) is 47.1 Å². The number of rotatable bonds is 5. The summed E-state index contributed by atoms with van der Waals surface area (Å²) in [6.07, 6.45) is 0.908. The fraction of sp³-hybridized carbons (Fsp3) is 0.294. The lowest BCUT2D eigenvalue weighted by molar-refractivity contribution is 0.398. The lowest BCUT2D eigenvalue weighted by atomic mass is 10.0. The van der Waals surface area contributed by atoms with Gasteiger partial charge >= 0.3 is 0 Å². The van der Waals surface area contributed by atoms with Crippen LogP contribution in [0.15, 0.2) is 42.5 Å². The van der Waals surface area contributed by atoms with E-state index in [1.807, 2.05) is 18.2 Å². The molecule has 2 rings (SSSR count). The SMILES string of the molecule is COc1ccc(OC)c(C(Br)Cc2cccc(C)c2)c1. The molecule has 0 saturated carbocycles. The molecule has 2 nitrogen and oxygen atoms in total. The van der Waals surface area contributed by atoms with Gasteiger partial charge in [-0.3, -0.25) is 0 Å². The van der Waals surface area contributed by atoms with Gasteiger partial charge in [0.05, 0.1) is 14.2 Å². The first-order valence-electron chi connectivity index (χ1n) is 6.55. The maximum Gasteiger partial charge on any atom is 0.123 e. The minimum absolute atomic E-state index is 0.189. The van der Waals surface area contributed by atoms with Gasteiger partial charge in [-0.15, -0.1) is 0 Å². The standard InChI is InChI=1S/C17H19BrO2/c1-12-5-4-6-13(9-12)10-16(18)15-11-14(19-2)7-8-17(15)20-3/h4-9,11,16H,10H2,1-3H3. The molecule has 0 heterocycles. The highest BCUT2D eigenvalue weighted by Gasteiger charge is 2.15. The van der Waals surface area contributed by atoms with Crippen LogP contribution in [0, 0.1) is 6.92 Å². The smallest absolute Gasteiger partial charge is 0.123 e. The van der Waals surface area contributed by atoms with Crippen molar-refractivity contribution in [1.82, 2.24) is 0 Å². The van der Waals surface area contributed by atoms with Crippen molar-refractivity contribution in [2.75, 3.05) is 14.2 Å². The Balaban J connectivity index is 2.25. The number of benzene rings is 2. The second-order valence-electron chi connectivity index (χ2n) is 4.77. The Bertz CT molecular complexity index is 581. The molecule has 106 valence electrons. The fourth-order valence-electron chi connectivity index (χ4n) is 2.24. The van der Waals surface area contributed by atoms with Crippen LogP contribution in [0.5, 0.6) is 11.5 Å². The van der Waals surface area contributed by atoms with Crippen LogP contribution in [0.2, 0.25) is 0 Å². The van der Waals surface area contributed by atoms with Crippen molar-refractivity contribution >= 4 is 15.9 Å².